The summed E-state index contributed by atoms with van der Waals surface area (Å²) in [7, 11) is 0. The zero-order valence-corrected chi connectivity index (χ0v) is 13.4. The average molecular weight is 342 g/mol. The Labute approximate surface area is 136 Å². The summed E-state index contributed by atoms with van der Waals surface area (Å²) in [5, 5.41) is 20.9. The zero-order valence-electron chi connectivity index (χ0n) is 11.9. The third-order valence-corrected chi connectivity index (χ3v) is 3.74. The molecule has 0 aliphatic heterocycles. The standard InChI is InChI=1S/C14H13Cl2N3O3/c1-7(2)14-12(20)6-17-13(18-14)5-9-10(15)3-8(19(21)22)4-11(9)16/h3-4,6-7,20H,5H2,1-2H3. The monoisotopic (exact) mass is 341 g/mol. The van der Waals surface area contributed by atoms with Gasteiger partial charge in [0.1, 0.15) is 5.82 Å². The molecule has 6 nitrogen and oxygen atoms in total. The summed E-state index contributed by atoms with van der Waals surface area (Å²) in [6.07, 6.45) is 1.54. The lowest BCUT2D eigenvalue weighted by molar-refractivity contribution is -0.384. The molecule has 0 atom stereocenters. The van der Waals surface area contributed by atoms with Crippen LogP contribution in [0.2, 0.25) is 10.0 Å². The van der Waals surface area contributed by atoms with Crippen molar-refractivity contribution in [1.29, 1.82) is 0 Å². The molecule has 0 amide bonds. The summed E-state index contributed by atoms with van der Waals surface area (Å²) < 4.78 is 0. The van der Waals surface area contributed by atoms with Crippen molar-refractivity contribution < 1.29 is 10.0 Å². The van der Waals surface area contributed by atoms with E-state index in [0.29, 0.717) is 17.1 Å². The first-order chi connectivity index (χ1) is 10.3. The Morgan fingerprint density at radius 3 is 2.41 bits per heavy atom. The molecule has 2 aromatic rings. The molecular formula is C14H13Cl2N3O3. The largest absolute Gasteiger partial charge is 0.504 e. The second kappa shape index (κ2) is 6.46. The van der Waals surface area contributed by atoms with Crippen molar-refractivity contribution in [2.75, 3.05) is 0 Å². The first-order valence-corrected chi connectivity index (χ1v) is 7.22. The Hall–Kier alpha value is -1.92. The summed E-state index contributed by atoms with van der Waals surface area (Å²) in [5.41, 5.74) is 0.863. The number of hydrogen-bond acceptors (Lipinski definition) is 5. The molecule has 1 N–H and O–H groups in total. The molecule has 116 valence electrons. The SMILES string of the molecule is CC(C)c1nc(Cc2c(Cl)cc([N+](=O)[O-])cc2Cl)ncc1O. The molecule has 1 aromatic heterocycles. The topological polar surface area (TPSA) is 89.2 Å². The Balaban J connectivity index is 2.39. The van der Waals surface area contributed by atoms with Crippen molar-refractivity contribution in [3.63, 3.8) is 0 Å². The van der Waals surface area contributed by atoms with Crippen LogP contribution in [0.1, 0.15) is 36.8 Å². The van der Waals surface area contributed by atoms with E-state index in [4.69, 9.17) is 23.2 Å². The fourth-order valence-electron chi connectivity index (χ4n) is 1.96. The third-order valence-electron chi connectivity index (χ3n) is 3.07. The van der Waals surface area contributed by atoms with Gasteiger partial charge in [0.25, 0.3) is 5.69 Å². The van der Waals surface area contributed by atoms with Crippen molar-refractivity contribution in [2.24, 2.45) is 0 Å². The summed E-state index contributed by atoms with van der Waals surface area (Å²) in [6, 6.07) is 2.49. The minimum Gasteiger partial charge on any atom is -0.504 e. The predicted molar refractivity (Wildman–Crippen MR) is 83.7 cm³/mol. The number of nitro benzene ring substituents is 1. The van der Waals surface area contributed by atoms with Crippen LogP contribution in [0, 0.1) is 10.1 Å². The van der Waals surface area contributed by atoms with E-state index in [0.717, 1.165) is 0 Å². The first-order valence-electron chi connectivity index (χ1n) is 6.46. The highest BCUT2D eigenvalue weighted by atomic mass is 35.5. The van der Waals surface area contributed by atoms with Gasteiger partial charge in [-0.25, -0.2) is 9.97 Å². The van der Waals surface area contributed by atoms with Crippen LogP contribution in [0.3, 0.4) is 0 Å². The van der Waals surface area contributed by atoms with Crippen LogP contribution < -0.4 is 0 Å². The molecule has 0 radical (unpaired) electrons. The highest BCUT2D eigenvalue weighted by Crippen LogP contribution is 2.32. The number of nitrogens with zero attached hydrogens (tertiary/aromatic N) is 3. The maximum absolute atomic E-state index is 10.8. The lowest BCUT2D eigenvalue weighted by Crippen LogP contribution is -2.03. The van der Waals surface area contributed by atoms with Crippen LogP contribution in [0.5, 0.6) is 5.75 Å². The molecule has 0 aliphatic carbocycles. The number of hydrogen-bond donors (Lipinski definition) is 1. The van der Waals surface area contributed by atoms with Crippen LogP contribution in [-0.4, -0.2) is 20.0 Å². The Morgan fingerprint density at radius 1 is 1.32 bits per heavy atom. The van der Waals surface area contributed by atoms with Gasteiger partial charge in [-0.1, -0.05) is 37.0 Å². The van der Waals surface area contributed by atoms with Gasteiger partial charge in [0.05, 0.1) is 26.9 Å². The smallest absolute Gasteiger partial charge is 0.272 e. The van der Waals surface area contributed by atoms with Crippen LogP contribution in [-0.2, 0) is 6.42 Å². The molecule has 0 aliphatic rings. The summed E-state index contributed by atoms with van der Waals surface area (Å²) in [4.78, 5) is 18.5. The number of aromatic nitrogens is 2. The van der Waals surface area contributed by atoms with E-state index in [9.17, 15) is 15.2 Å². The molecule has 0 saturated carbocycles. The van der Waals surface area contributed by atoms with E-state index in [2.05, 4.69) is 9.97 Å². The second-order valence-electron chi connectivity index (χ2n) is 5.03. The number of nitro groups is 1. The minimum atomic E-state index is -0.560. The van der Waals surface area contributed by atoms with Crippen LogP contribution >= 0.6 is 23.2 Å². The van der Waals surface area contributed by atoms with Gasteiger partial charge in [-0.3, -0.25) is 10.1 Å². The van der Waals surface area contributed by atoms with E-state index < -0.39 is 4.92 Å². The maximum atomic E-state index is 10.8. The first kappa shape index (κ1) is 16.5. The normalized spacial score (nSPS) is 11.0. The van der Waals surface area contributed by atoms with E-state index in [1.54, 1.807) is 0 Å². The quantitative estimate of drug-likeness (QED) is 0.667. The number of benzene rings is 1. The number of halogens is 2. The molecule has 2 rings (SSSR count). The van der Waals surface area contributed by atoms with Gasteiger partial charge in [-0.15, -0.1) is 0 Å². The molecule has 22 heavy (non-hydrogen) atoms. The molecule has 0 bridgehead atoms. The zero-order chi connectivity index (χ0) is 16.4. The molecule has 0 unspecified atom stereocenters. The fraction of sp³-hybridized carbons (Fsp3) is 0.286. The summed E-state index contributed by atoms with van der Waals surface area (Å²) >= 11 is 12.1. The van der Waals surface area contributed by atoms with Crippen molar-refractivity contribution in [3.8, 4) is 5.75 Å². The Kier molecular flexibility index (Phi) is 4.83. The lowest BCUT2D eigenvalue weighted by atomic mass is 10.1. The molecule has 0 spiro atoms. The second-order valence-corrected chi connectivity index (χ2v) is 5.85. The van der Waals surface area contributed by atoms with Gasteiger partial charge in [0.15, 0.2) is 5.75 Å². The Morgan fingerprint density at radius 2 is 1.91 bits per heavy atom. The lowest BCUT2D eigenvalue weighted by Gasteiger charge is -2.10. The van der Waals surface area contributed by atoms with Crippen molar-refractivity contribution in [3.05, 3.63) is 55.6 Å². The van der Waals surface area contributed by atoms with Crippen molar-refractivity contribution >= 4 is 28.9 Å². The Bertz CT molecular complexity index is 712. The fourth-order valence-corrected chi connectivity index (χ4v) is 2.57. The molecule has 1 aromatic carbocycles. The number of rotatable bonds is 4. The van der Waals surface area contributed by atoms with Gasteiger partial charge in [0, 0.05) is 18.6 Å². The highest BCUT2D eigenvalue weighted by molar-refractivity contribution is 6.36. The summed E-state index contributed by atoms with van der Waals surface area (Å²) in [5.74, 6) is 0.489. The van der Waals surface area contributed by atoms with Crippen molar-refractivity contribution in [1.82, 2.24) is 9.97 Å². The van der Waals surface area contributed by atoms with Gasteiger partial charge < -0.3 is 5.11 Å². The predicted octanol–water partition coefficient (Wildman–Crippen LogP) is 4.11. The highest BCUT2D eigenvalue weighted by Gasteiger charge is 2.17. The van der Waals surface area contributed by atoms with E-state index in [1.165, 1.54) is 18.3 Å². The number of aromatic hydroxyl groups is 1. The third kappa shape index (κ3) is 3.45. The van der Waals surface area contributed by atoms with Crippen molar-refractivity contribution in [2.45, 2.75) is 26.2 Å². The molecule has 0 saturated heterocycles. The number of non-ortho nitro benzene ring substituents is 1. The van der Waals surface area contributed by atoms with E-state index in [-0.39, 0.29) is 33.8 Å². The van der Waals surface area contributed by atoms with E-state index >= 15 is 0 Å². The van der Waals surface area contributed by atoms with Gasteiger partial charge in [0.2, 0.25) is 0 Å². The van der Waals surface area contributed by atoms with Gasteiger partial charge >= 0.3 is 0 Å². The minimum absolute atomic E-state index is 0.0274. The van der Waals surface area contributed by atoms with Crippen LogP contribution in [0.4, 0.5) is 5.69 Å². The van der Waals surface area contributed by atoms with Gasteiger partial charge in [-0.05, 0) is 11.5 Å². The van der Waals surface area contributed by atoms with E-state index in [1.807, 2.05) is 13.8 Å². The molecule has 0 fully saturated rings. The van der Waals surface area contributed by atoms with Crippen LogP contribution in [0.15, 0.2) is 18.3 Å². The molecule has 8 heteroatoms. The maximum Gasteiger partial charge on any atom is 0.272 e. The molecular weight excluding hydrogens is 329 g/mol. The summed E-state index contributed by atoms with van der Waals surface area (Å²) in [6.45, 7) is 3.80. The average Bonchev–Trinajstić information content (AvgIpc) is 2.43. The van der Waals surface area contributed by atoms with Crippen LogP contribution in [0.25, 0.3) is 0 Å². The molecule has 1 heterocycles. The van der Waals surface area contributed by atoms with Gasteiger partial charge in [-0.2, -0.15) is 0 Å².